The number of ether oxygens (including phenoxy) is 1. The smallest absolute Gasteiger partial charge is 0.325 e. The zero-order chi connectivity index (χ0) is 24.2. The fourth-order valence-electron chi connectivity index (χ4n) is 3.69. The summed E-state index contributed by atoms with van der Waals surface area (Å²) in [5.41, 5.74) is -0.694. The summed E-state index contributed by atoms with van der Waals surface area (Å²) in [7, 11) is -0.646. The Balaban J connectivity index is 1.70. The number of carbonyl (C=O) groups excluding carboxylic acids is 2. The largest absolute Gasteiger partial charge is 0.492 e. The standard InChI is InChI=1S/C23H28FN3O5S/c1-4-5-14-23(17-6-8-18(24)9-7-17)21(28)27(22(29)25-23)15-16-32-19-10-12-20(13-11-19)33(30,31)26(2)3/h6-13H,4-5,14-16H2,1-3H3,(H,25,29). The fraction of sp³-hybridized carbons (Fsp3) is 0.391. The Morgan fingerprint density at radius 3 is 2.27 bits per heavy atom. The summed E-state index contributed by atoms with van der Waals surface area (Å²) in [6.07, 6.45) is 1.93. The average Bonchev–Trinajstić information content (AvgIpc) is 3.03. The fourth-order valence-corrected chi connectivity index (χ4v) is 4.59. The van der Waals surface area contributed by atoms with Crippen molar-refractivity contribution in [2.24, 2.45) is 0 Å². The van der Waals surface area contributed by atoms with Crippen LogP contribution in [0.1, 0.15) is 31.7 Å². The van der Waals surface area contributed by atoms with Gasteiger partial charge in [-0.3, -0.25) is 9.69 Å². The van der Waals surface area contributed by atoms with Crippen molar-refractivity contribution < 1.29 is 27.1 Å². The third-order valence-corrected chi connectivity index (χ3v) is 7.43. The number of rotatable bonds is 10. The lowest BCUT2D eigenvalue weighted by Gasteiger charge is -2.27. The molecule has 1 heterocycles. The molecule has 33 heavy (non-hydrogen) atoms. The first kappa shape index (κ1) is 24.7. The van der Waals surface area contributed by atoms with Gasteiger partial charge in [0.1, 0.15) is 23.7 Å². The molecule has 3 rings (SSSR count). The predicted octanol–water partition coefficient (Wildman–Crippen LogP) is 3.09. The molecule has 1 aliphatic heterocycles. The van der Waals surface area contributed by atoms with Gasteiger partial charge in [-0.15, -0.1) is 0 Å². The van der Waals surface area contributed by atoms with E-state index in [4.69, 9.17) is 4.74 Å². The van der Waals surface area contributed by atoms with E-state index in [1.54, 1.807) is 0 Å². The second-order valence-corrected chi connectivity index (χ2v) is 10.2. The van der Waals surface area contributed by atoms with Crippen LogP contribution in [0.5, 0.6) is 5.75 Å². The van der Waals surface area contributed by atoms with Crippen molar-refractivity contribution in [1.29, 1.82) is 0 Å². The molecule has 1 aliphatic rings. The molecule has 0 aliphatic carbocycles. The summed E-state index contributed by atoms with van der Waals surface area (Å²) >= 11 is 0. The van der Waals surface area contributed by atoms with Gasteiger partial charge in [-0.25, -0.2) is 21.9 Å². The van der Waals surface area contributed by atoms with Crippen LogP contribution in [0.3, 0.4) is 0 Å². The van der Waals surface area contributed by atoms with Crippen LogP contribution in [0.25, 0.3) is 0 Å². The van der Waals surface area contributed by atoms with Gasteiger partial charge in [0.25, 0.3) is 5.91 Å². The number of imide groups is 1. The van der Waals surface area contributed by atoms with Gasteiger partial charge in [-0.1, -0.05) is 31.9 Å². The molecule has 1 N–H and O–H groups in total. The zero-order valence-corrected chi connectivity index (χ0v) is 19.7. The monoisotopic (exact) mass is 477 g/mol. The Hall–Kier alpha value is -2.98. The van der Waals surface area contributed by atoms with Crippen molar-refractivity contribution in [3.05, 3.63) is 59.9 Å². The van der Waals surface area contributed by atoms with Crippen LogP contribution in [-0.4, -0.2) is 56.8 Å². The topological polar surface area (TPSA) is 96.0 Å². The van der Waals surface area contributed by atoms with Gasteiger partial charge in [0.2, 0.25) is 10.0 Å². The van der Waals surface area contributed by atoms with E-state index in [0.29, 0.717) is 24.2 Å². The maximum Gasteiger partial charge on any atom is 0.325 e. The van der Waals surface area contributed by atoms with Gasteiger partial charge in [0.05, 0.1) is 11.4 Å². The van der Waals surface area contributed by atoms with Crippen molar-refractivity contribution in [3.63, 3.8) is 0 Å². The molecule has 1 unspecified atom stereocenters. The Morgan fingerprint density at radius 2 is 1.70 bits per heavy atom. The highest BCUT2D eigenvalue weighted by Gasteiger charge is 2.51. The number of unbranched alkanes of at least 4 members (excludes halogenated alkanes) is 1. The molecule has 1 fully saturated rings. The maximum atomic E-state index is 13.4. The maximum absolute atomic E-state index is 13.4. The highest BCUT2D eigenvalue weighted by molar-refractivity contribution is 7.89. The molecular formula is C23H28FN3O5S. The number of amides is 3. The lowest BCUT2D eigenvalue weighted by molar-refractivity contribution is -0.132. The van der Waals surface area contributed by atoms with Crippen LogP contribution < -0.4 is 10.1 Å². The summed E-state index contributed by atoms with van der Waals surface area (Å²) in [5, 5.41) is 2.81. The normalized spacial score (nSPS) is 18.6. The number of halogens is 1. The van der Waals surface area contributed by atoms with E-state index < -0.39 is 33.3 Å². The van der Waals surface area contributed by atoms with Crippen molar-refractivity contribution in [2.75, 3.05) is 27.2 Å². The molecule has 2 aromatic carbocycles. The van der Waals surface area contributed by atoms with E-state index in [-0.39, 0.29) is 18.0 Å². The number of hydrogen-bond donors (Lipinski definition) is 1. The van der Waals surface area contributed by atoms with Crippen LogP contribution in [-0.2, 0) is 20.4 Å². The van der Waals surface area contributed by atoms with Crippen LogP contribution in [0.2, 0.25) is 0 Å². The van der Waals surface area contributed by atoms with Crippen molar-refractivity contribution in [3.8, 4) is 5.75 Å². The number of hydrogen-bond acceptors (Lipinski definition) is 5. The van der Waals surface area contributed by atoms with Crippen molar-refractivity contribution >= 4 is 22.0 Å². The van der Waals surface area contributed by atoms with Gasteiger partial charge < -0.3 is 10.1 Å². The van der Waals surface area contributed by atoms with Crippen LogP contribution in [0, 0.1) is 5.82 Å². The molecule has 0 saturated carbocycles. The molecule has 3 amide bonds. The average molecular weight is 478 g/mol. The van der Waals surface area contributed by atoms with Gasteiger partial charge in [0, 0.05) is 14.1 Å². The van der Waals surface area contributed by atoms with Crippen LogP contribution >= 0.6 is 0 Å². The van der Waals surface area contributed by atoms with E-state index in [2.05, 4.69) is 5.32 Å². The molecule has 0 bridgehead atoms. The lowest BCUT2D eigenvalue weighted by atomic mass is 9.85. The first-order valence-corrected chi connectivity index (χ1v) is 12.1. The molecule has 8 nitrogen and oxygen atoms in total. The zero-order valence-electron chi connectivity index (χ0n) is 18.9. The van der Waals surface area contributed by atoms with Crippen LogP contribution in [0.15, 0.2) is 53.4 Å². The van der Waals surface area contributed by atoms with Gasteiger partial charge in [0.15, 0.2) is 0 Å². The Bertz CT molecular complexity index is 1100. The number of nitrogens with zero attached hydrogens (tertiary/aromatic N) is 2. The minimum atomic E-state index is -3.54. The molecule has 2 aromatic rings. The first-order chi connectivity index (χ1) is 15.6. The van der Waals surface area contributed by atoms with Crippen LogP contribution in [0.4, 0.5) is 9.18 Å². The van der Waals surface area contributed by atoms with Gasteiger partial charge >= 0.3 is 6.03 Å². The molecule has 0 spiro atoms. The van der Waals surface area contributed by atoms with Crippen molar-refractivity contribution in [2.45, 2.75) is 36.6 Å². The van der Waals surface area contributed by atoms with Crippen molar-refractivity contribution in [1.82, 2.24) is 14.5 Å². The summed E-state index contributed by atoms with van der Waals surface area (Å²) in [6, 6.07) is 11.0. The Labute approximate surface area is 193 Å². The third-order valence-electron chi connectivity index (χ3n) is 5.60. The molecule has 10 heteroatoms. The number of urea groups is 1. The van der Waals surface area contributed by atoms with Gasteiger partial charge in [-0.2, -0.15) is 0 Å². The number of sulfonamides is 1. The third kappa shape index (κ3) is 5.01. The second kappa shape index (κ2) is 9.88. The Kier molecular flexibility index (Phi) is 7.38. The summed E-state index contributed by atoms with van der Waals surface area (Å²) < 4.78 is 44.5. The highest BCUT2D eigenvalue weighted by Crippen LogP contribution is 2.34. The van der Waals surface area contributed by atoms with E-state index in [1.807, 2.05) is 6.92 Å². The molecule has 0 radical (unpaired) electrons. The lowest BCUT2D eigenvalue weighted by Crippen LogP contribution is -2.44. The molecule has 0 aromatic heterocycles. The predicted molar refractivity (Wildman–Crippen MR) is 121 cm³/mol. The molecule has 1 saturated heterocycles. The van der Waals surface area contributed by atoms with E-state index >= 15 is 0 Å². The summed E-state index contributed by atoms with van der Waals surface area (Å²) in [6.45, 7) is 2.03. The highest BCUT2D eigenvalue weighted by atomic mass is 32.2. The number of carbonyl (C=O) groups is 2. The van der Waals surface area contributed by atoms with E-state index in [0.717, 1.165) is 15.6 Å². The summed E-state index contributed by atoms with van der Waals surface area (Å²) in [4.78, 5) is 27.2. The minimum absolute atomic E-state index is 0.0114. The number of benzene rings is 2. The number of nitrogens with one attached hydrogen (secondary N) is 1. The summed E-state index contributed by atoms with van der Waals surface area (Å²) in [5.74, 6) is -0.407. The molecule has 178 valence electrons. The molecular weight excluding hydrogens is 449 g/mol. The minimum Gasteiger partial charge on any atom is -0.492 e. The quantitative estimate of drug-likeness (QED) is 0.531. The SMILES string of the molecule is CCCCC1(c2ccc(F)cc2)NC(=O)N(CCOc2ccc(S(=O)(=O)N(C)C)cc2)C1=O. The Morgan fingerprint density at radius 1 is 1.06 bits per heavy atom. The molecule has 1 atom stereocenters. The second-order valence-electron chi connectivity index (χ2n) is 8.01. The van der Waals surface area contributed by atoms with Gasteiger partial charge in [-0.05, 0) is 48.4 Å². The van der Waals surface area contributed by atoms with E-state index in [9.17, 15) is 22.4 Å². The first-order valence-electron chi connectivity index (χ1n) is 10.7. The van der Waals surface area contributed by atoms with E-state index in [1.165, 1.54) is 62.6 Å².